The number of thioether (sulfide) groups is 1. The normalized spacial score (nSPS) is 18.1. The van der Waals surface area contributed by atoms with E-state index in [9.17, 15) is 9.59 Å². The molecule has 1 aromatic rings. The summed E-state index contributed by atoms with van der Waals surface area (Å²) >= 11 is 1.43. The number of rotatable bonds is 2. The smallest absolute Gasteiger partial charge is 0.257 e. The summed E-state index contributed by atoms with van der Waals surface area (Å²) in [6, 6.07) is 3.49. The first-order chi connectivity index (χ1) is 8.98. The van der Waals surface area contributed by atoms with Crippen molar-refractivity contribution in [2.24, 2.45) is 0 Å². The summed E-state index contributed by atoms with van der Waals surface area (Å²) < 4.78 is 0. The van der Waals surface area contributed by atoms with Crippen LogP contribution in [0.1, 0.15) is 24.2 Å². The van der Waals surface area contributed by atoms with Gasteiger partial charge in [-0.2, -0.15) is 0 Å². The summed E-state index contributed by atoms with van der Waals surface area (Å²) in [7, 11) is 0. The molecule has 0 bridgehead atoms. The van der Waals surface area contributed by atoms with Crippen LogP contribution in [0.5, 0.6) is 0 Å². The number of piperazine rings is 1. The predicted octanol–water partition coefficient (Wildman–Crippen LogP) is 1.15. The van der Waals surface area contributed by atoms with E-state index < -0.39 is 5.54 Å². The van der Waals surface area contributed by atoms with E-state index in [-0.39, 0.29) is 11.8 Å². The average Bonchev–Trinajstić information content (AvgIpc) is 2.41. The quantitative estimate of drug-likeness (QED) is 0.825. The number of carbonyl (C=O) groups is 2. The van der Waals surface area contributed by atoms with Gasteiger partial charge in [-0.25, -0.2) is 4.98 Å². The SMILES string of the molecule is CSc1ncccc1C(=O)N1CCNC(=O)C1(C)C. The zero-order valence-corrected chi connectivity index (χ0v) is 12.1. The second-order valence-electron chi connectivity index (χ2n) is 4.83. The van der Waals surface area contributed by atoms with Gasteiger partial charge in [-0.05, 0) is 32.2 Å². The van der Waals surface area contributed by atoms with Gasteiger partial charge < -0.3 is 10.2 Å². The molecule has 0 aliphatic carbocycles. The molecule has 1 aliphatic heterocycles. The van der Waals surface area contributed by atoms with E-state index in [2.05, 4.69) is 10.3 Å². The number of carbonyl (C=O) groups excluding carboxylic acids is 2. The lowest BCUT2D eigenvalue weighted by atomic mass is 9.98. The van der Waals surface area contributed by atoms with Crippen LogP contribution in [-0.4, -0.2) is 46.6 Å². The van der Waals surface area contributed by atoms with Gasteiger partial charge in [0.25, 0.3) is 5.91 Å². The van der Waals surface area contributed by atoms with Crippen molar-refractivity contribution in [2.75, 3.05) is 19.3 Å². The summed E-state index contributed by atoms with van der Waals surface area (Å²) in [5.74, 6) is -0.265. The molecule has 0 saturated carbocycles. The van der Waals surface area contributed by atoms with Gasteiger partial charge >= 0.3 is 0 Å². The van der Waals surface area contributed by atoms with Gasteiger partial charge in [0, 0.05) is 19.3 Å². The van der Waals surface area contributed by atoms with Crippen molar-refractivity contribution < 1.29 is 9.59 Å². The van der Waals surface area contributed by atoms with E-state index in [0.29, 0.717) is 23.7 Å². The first-order valence-electron chi connectivity index (χ1n) is 6.07. The fourth-order valence-electron chi connectivity index (χ4n) is 2.12. The Labute approximate surface area is 116 Å². The Morgan fingerprint density at radius 3 is 2.95 bits per heavy atom. The van der Waals surface area contributed by atoms with Crippen molar-refractivity contribution in [3.05, 3.63) is 23.9 Å². The van der Waals surface area contributed by atoms with Gasteiger partial charge in [0.1, 0.15) is 10.6 Å². The van der Waals surface area contributed by atoms with Crippen molar-refractivity contribution in [1.82, 2.24) is 15.2 Å². The molecule has 0 radical (unpaired) electrons. The second-order valence-corrected chi connectivity index (χ2v) is 5.63. The van der Waals surface area contributed by atoms with Crippen LogP contribution in [0.15, 0.2) is 23.4 Å². The summed E-state index contributed by atoms with van der Waals surface area (Å²) in [6.45, 7) is 4.52. The highest BCUT2D eigenvalue weighted by Gasteiger charge is 2.41. The van der Waals surface area contributed by atoms with Crippen molar-refractivity contribution in [2.45, 2.75) is 24.4 Å². The third-order valence-electron chi connectivity index (χ3n) is 3.29. The Kier molecular flexibility index (Phi) is 3.80. The molecule has 0 atom stereocenters. The zero-order chi connectivity index (χ0) is 14.0. The lowest BCUT2D eigenvalue weighted by molar-refractivity contribution is -0.133. The highest BCUT2D eigenvalue weighted by molar-refractivity contribution is 7.98. The Hall–Kier alpha value is -1.56. The molecule has 102 valence electrons. The highest BCUT2D eigenvalue weighted by atomic mass is 32.2. The van der Waals surface area contributed by atoms with Gasteiger partial charge in [0.2, 0.25) is 5.91 Å². The summed E-state index contributed by atoms with van der Waals surface area (Å²) in [5, 5.41) is 3.47. The standard InChI is InChI=1S/C13H17N3O2S/c1-13(2)12(18)15-7-8-16(13)11(17)9-5-4-6-14-10(9)19-3/h4-6H,7-8H2,1-3H3,(H,15,18). The van der Waals surface area contributed by atoms with Crippen LogP contribution < -0.4 is 5.32 Å². The van der Waals surface area contributed by atoms with Crippen LogP contribution in [0.2, 0.25) is 0 Å². The molecule has 19 heavy (non-hydrogen) atoms. The van der Waals surface area contributed by atoms with Crippen molar-refractivity contribution in [1.29, 1.82) is 0 Å². The van der Waals surface area contributed by atoms with E-state index in [4.69, 9.17) is 0 Å². The van der Waals surface area contributed by atoms with Crippen LogP contribution in [0.3, 0.4) is 0 Å². The monoisotopic (exact) mass is 279 g/mol. The molecule has 5 nitrogen and oxygen atoms in total. The predicted molar refractivity (Wildman–Crippen MR) is 74.1 cm³/mol. The molecule has 1 aliphatic rings. The molecule has 2 heterocycles. The van der Waals surface area contributed by atoms with Crippen LogP contribution in [0, 0.1) is 0 Å². The Balaban J connectivity index is 2.35. The number of nitrogens with one attached hydrogen (secondary N) is 1. The highest BCUT2D eigenvalue weighted by Crippen LogP contribution is 2.24. The number of aromatic nitrogens is 1. The van der Waals surface area contributed by atoms with Crippen molar-refractivity contribution >= 4 is 23.6 Å². The molecular weight excluding hydrogens is 262 g/mol. The molecule has 6 heteroatoms. The molecule has 0 aromatic carbocycles. The van der Waals surface area contributed by atoms with Gasteiger partial charge in [0.05, 0.1) is 5.56 Å². The molecule has 2 rings (SSSR count). The maximum atomic E-state index is 12.6. The first-order valence-corrected chi connectivity index (χ1v) is 7.30. The molecule has 1 saturated heterocycles. The molecule has 2 amide bonds. The number of nitrogens with zero attached hydrogens (tertiary/aromatic N) is 2. The van der Waals surface area contributed by atoms with E-state index in [1.165, 1.54) is 11.8 Å². The Morgan fingerprint density at radius 2 is 2.26 bits per heavy atom. The molecule has 0 spiro atoms. The van der Waals surface area contributed by atoms with Crippen LogP contribution in [0.25, 0.3) is 0 Å². The average molecular weight is 279 g/mol. The van der Waals surface area contributed by atoms with E-state index in [1.54, 1.807) is 37.1 Å². The second kappa shape index (κ2) is 5.21. The van der Waals surface area contributed by atoms with Gasteiger partial charge in [-0.3, -0.25) is 9.59 Å². The van der Waals surface area contributed by atoms with Crippen molar-refractivity contribution in [3.63, 3.8) is 0 Å². The van der Waals surface area contributed by atoms with Crippen LogP contribution >= 0.6 is 11.8 Å². The first kappa shape index (κ1) is 13.9. The van der Waals surface area contributed by atoms with Crippen LogP contribution in [0.4, 0.5) is 0 Å². The van der Waals surface area contributed by atoms with E-state index in [0.717, 1.165) is 0 Å². The minimum Gasteiger partial charge on any atom is -0.352 e. The molecule has 1 fully saturated rings. The minimum absolute atomic E-state index is 0.123. The number of amides is 2. The maximum Gasteiger partial charge on any atom is 0.257 e. The fourth-order valence-corrected chi connectivity index (χ4v) is 2.66. The third-order valence-corrected chi connectivity index (χ3v) is 4.00. The largest absolute Gasteiger partial charge is 0.352 e. The third kappa shape index (κ3) is 2.45. The van der Waals surface area contributed by atoms with Crippen molar-refractivity contribution in [3.8, 4) is 0 Å². The molecule has 1 N–H and O–H groups in total. The van der Waals surface area contributed by atoms with E-state index >= 15 is 0 Å². The summed E-state index contributed by atoms with van der Waals surface area (Å²) in [4.78, 5) is 30.3. The topological polar surface area (TPSA) is 62.3 Å². The Morgan fingerprint density at radius 1 is 1.53 bits per heavy atom. The van der Waals surface area contributed by atoms with Gasteiger partial charge in [0.15, 0.2) is 0 Å². The number of pyridine rings is 1. The number of hydrogen-bond donors (Lipinski definition) is 1. The molecule has 0 unspecified atom stereocenters. The lowest BCUT2D eigenvalue weighted by Crippen LogP contribution is -2.63. The van der Waals surface area contributed by atoms with Gasteiger partial charge in [-0.1, -0.05) is 0 Å². The maximum absolute atomic E-state index is 12.6. The minimum atomic E-state index is -0.832. The molecular formula is C13H17N3O2S. The van der Waals surface area contributed by atoms with Crippen LogP contribution in [-0.2, 0) is 4.79 Å². The van der Waals surface area contributed by atoms with E-state index in [1.807, 2.05) is 6.26 Å². The summed E-state index contributed by atoms with van der Waals surface area (Å²) in [5.41, 5.74) is -0.279. The fraction of sp³-hybridized carbons (Fsp3) is 0.462. The zero-order valence-electron chi connectivity index (χ0n) is 11.3. The lowest BCUT2D eigenvalue weighted by Gasteiger charge is -2.41. The summed E-state index contributed by atoms with van der Waals surface area (Å²) in [6.07, 6.45) is 3.55. The molecule has 1 aromatic heterocycles. The Bertz CT molecular complexity index is 516. The van der Waals surface area contributed by atoms with Gasteiger partial charge in [-0.15, -0.1) is 11.8 Å². The number of hydrogen-bond acceptors (Lipinski definition) is 4.